The molecule has 0 aliphatic carbocycles. The van der Waals surface area contributed by atoms with Crippen LogP contribution in [-0.2, 0) is 108 Å². The van der Waals surface area contributed by atoms with Crippen molar-refractivity contribution >= 4 is 42.2 Å². The number of nitrogens with one attached hydrogen (secondary N) is 2. The van der Waals surface area contributed by atoms with E-state index >= 15 is 0 Å². The van der Waals surface area contributed by atoms with E-state index in [-0.39, 0.29) is 78.6 Å². The number of aliphatic hydroxyl groups excluding tert-OH is 2. The highest BCUT2D eigenvalue weighted by Crippen LogP contribution is 2.39. The normalized spacial score (nSPS) is 17.0. The molecule has 115 heavy (non-hydrogen) atoms. The summed E-state index contributed by atoms with van der Waals surface area (Å²) in [6.07, 6.45) is 14.7. The van der Waals surface area contributed by atoms with E-state index in [4.69, 9.17) is 19.9 Å². The Bertz CT molecular complexity index is 4410. The first-order chi connectivity index (χ1) is 54.6. The van der Waals surface area contributed by atoms with Crippen LogP contribution in [0.5, 0.6) is 0 Å². The number of ketones is 4. The van der Waals surface area contributed by atoms with Crippen LogP contribution < -0.4 is 16.4 Å². The molecule has 0 spiro atoms. The number of carbonyl (C=O) groups is 7. The highest BCUT2D eigenvalue weighted by Gasteiger charge is 2.48. The van der Waals surface area contributed by atoms with Crippen LogP contribution in [0, 0.1) is 33.1 Å². The summed E-state index contributed by atoms with van der Waals surface area (Å²) in [6, 6.07) is 49.6. The number of rotatable bonds is 41. The van der Waals surface area contributed by atoms with Gasteiger partial charge in [-0.15, -0.1) is 0 Å². The number of hydrogen-bond acceptors (Lipinski definition) is 16. The molecule has 4 aromatic carbocycles. The summed E-state index contributed by atoms with van der Waals surface area (Å²) in [5.74, 6) is 0.691. The number of nitrogens with two attached hydrogens (primary N) is 1. The van der Waals surface area contributed by atoms with Crippen molar-refractivity contribution in [3.05, 3.63) is 236 Å². The number of carbonyl (C=O) groups excluding carboxylic acids is 7. The number of ether oxygens (including phenoxy) is 4. The summed E-state index contributed by atoms with van der Waals surface area (Å²) in [6.45, 7) is 24.5. The molecule has 1 amide bonds. The molecule has 0 saturated carbocycles. The summed E-state index contributed by atoms with van der Waals surface area (Å²) in [4.78, 5) is 85.2. The first kappa shape index (κ1) is 92.8. The van der Waals surface area contributed by atoms with Crippen LogP contribution in [0.1, 0.15) is 235 Å². The zero-order valence-corrected chi connectivity index (χ0v) is 71.2. The Morgan fingerprint density at radius 2 is 0.843 bits per heavy atom. The van der Waals surface area contributed by atoms with Gasteiger partial charge in [-0.1, -0.05) is 140 Å². The predicted molar refractivity (Wildman–Crippen MR) is 453 cm³/mol. The van der Waals surface area contributed by atoms with Gasteiger partial charge in [-0.3, -0.25) is 34.1 Å². The summed E-state index contributed by atoms with van der Waals surface area (Å²) < 4.78 is 28.9. The number of aliphatic hydroxyl groups is 2. The maximum absolute atomic E-state index is 12.9. The fraction of sp³-hybridized carbons (Fsp3) is 0.500. The molecular weight excluding hydrogens is 1450 g/mol. The number of benzene rings is 4. The highest BCUT2D eigenvalue weighted by atomic mass is 16.6. The number of alkyl carbamates (subject to hydrolysis) is 1. The van der Waals surface area contributed by atoms with E-state index in [0.29, 0.717) is 76.8 Å². The van der Waals surface area contributed by atoms with Crippen molar-refractivity contribution in [2.45, 2.75) is 233 Å². The maximum atomic E-state index is 12.9. The lowest BCUT2D eigenvalue weighted by Gasteiger charge is -2.39. The second-order valence-corrected chi connectivity index (χ2v) is 33.9. The maximum Gasteiger partial charge on any atom is 0.407 e. The van der Waals surface area contributed by atoms with Crippen molar-refractivity contribution < 1.29 is 62.7 Å². The van der Waals surface area contributed by atoms with Crippen molar-refractivity contribution in [3.63, 3.8) is 0 Å². The molecule has 21 nitrogen and oxygen atoms in total. The quantitative estimate of drug-likeness (QED) is 0.00783. The molecule has 6 heterocycles. The van der Waals surface area contributed by atoms with Gasteiger partial charge in [0.05, 0.1) is 48.1 Å². The molecule has 2 aliphatic heterocycles. The van der Waals surface area contributed by atoms with Crippen LogP contribution in [0.2, 0.25) is 0 Å². The van der Waals surface area contributed by atoms with E-state index in [1.807, 2.05) is 110 Å². The number of aromatic nitrogens is 4. The van der Waals surface area contributed by atoms with E-state index in [2.05, 4.69) is 179 Å². The minimum absolute atomic E-state index is 0.0395. The van der Waals surface area contributed by atoms with Crippen molar-refractivity contribution in [1.82, 2.24) is 33.8 Å². The minimum Gasteiger partial charge on any atom is -0.452 e. The zero-order chi connectivity index (χ0) is 84.1. The molecule has 10 rings (SSSR count). The van der Waals surface area contributed by atoms with E-state index in [1.54, 1.807) is 0 Å². The molecule has 6 N–H and O–H groups in total. The van der Waals surface area contributed by atoms with Crippen molar-refractivity contribution in [2.75, 3.05) is 39.9 Å². The van der Waals surface area contributed by atoms with Gasteiger partial charge < -0.3 is 58.5 Å². The number of amides is 1. The molecule has 0 radical (unpaired) electrons. The summed E-state index contributed by atoms with van der Waals surface area (Å²) in [5.41, 5.74) is 21.5. The van der Waals surface area contributed by atoms with Crippen LogP contribution in [0.4, 0.5) is 4.79 Å². The molecule has 2 saturated heterocycles. The molecule has 5 atom stereocenters. The average molecular weight is 1580 g/mol. The van der Waals surface area contributed by atoms with Gasteiger partial charge in [0.25, 0.3) is 12.9 Å². The van der Waals surface area contributed by atoms with Crippen LogP contribution in [0.25, 0.3) is 0 Å². The highest BCUT2D eigenvalue weighted by molar-refractivity contribution is 5.96. The fourth-order valence-electron chi connectivity index (χ4n) is 14.5. The second kappa shape index (κ2) is 44.1. The molecule has 624 valence electrons. The predicted octanol–water partition coefficient (Wildman–Crippen LogP) is 15.2. The zero-order valence-electron chi connectivity index (χ0n) is 71.2. The largest absolute Gasteiger partial charge is 0.452 e. The van der Waals surface area contributed by atoms with Gasteiger partial charge >= 0.3 is 6.09 Å². The van der Waals surface area contributed by atoms with E-state index in [0.717, 1.165) is 123 Å². The van der Waals surface area contributed by atoms with E-state index < -0.39 is 11.1 Å². The Morgan fingerprint density at radius 1 is 0.496 bits per heavy atom. The van der Waals surface area contributed by atoms with Gasteiger partial charge in [0.15, 0.2) is 23.1 Å². The van der Waals surface area contributed by atoms with Crippen molar-refractivity contribution in [2.24, 2.45) is 39.3 Å². The van der Waals surface area contributed by atoms with Gasteiger partial charge in [-0.2, -0.15) is 0 Å². The Kier molecular flexibility index (Phi) is 35.6. The minimum atomic E-state index is -0.581. The molecular formula is C94H130N8O13. The first-order valence-electron chi connectivity index (χ1n) is 40.7. The Balaban J connectivity index is 0.000000214. The standard InChI is InChI=1S/C28H40N2O4.C23H32N2O4.C22H28N2O3.C21H30N2O2/c1-21-10-12-22(13-11-21)8-7-9-25(32)24-15-14-23(29(24)6)16-17-28(5)18-34-26(27(2,3)4)30(28)19-33-20-31;1-18-7-9-19(10-8-18)5-4-6-22(28)21-12-11-20(25(21)3)13-14-23(2,15-26)24-16-29-17-27;1-16-7-9-17(10-8-16)5-4-6-20(25)19-12-11-18(24(19)3)13-14-22(2)15-27-21(26)23-22;1-16-7-9-17(10-8-16)5-4-6-20(25)19-12-11-18(23(19)3)13-14-21(2,22)15-24/h10-15,20,26H,7-9,16-19H2,1-6H3;7-12,17,24,26H,4-6,13-16H2,1-3H3;7-12H,4-6,13-15H2,1-3H3,(H,23,26);7-12,24H,4-6,13-15,22H2,1-3H3/t26-,28-;23-;22-;21-/m1111/s1. The SMILES string of the molecule is Cc1ccc(CCCC(=O)c2ccc(CC[C@@](C)(N)CO)n2C)cc1.Cc1ccc(CCCC(=O)c2ccc(CC[C@](C)(CO)NCOC=O)n2C)cc1.Cc1ccc(CCCC(=O)c2ccc(CC[C@]3(C)COC(=O)N3)n2C)cc1.Cc1ccc(CCCC(=O)c2ccc(CC[C@]3(C)CO[C@H](C(C)(C)C)N3COC=O)n2C)cc1. The summed E-state index contributed by atoms with van der Waals surface area (Å²) in [7, 11) is 7.74. The van der Waals surface area contributed by atoms with Crippen LogP contribution >= 0.6 is 0 Å². The number of nitrogens with zero attached hydrogens (tertiary/aromatic N) is 5. The number of aryl methyl sites for hydroxylation is 12. The molecule has 8 aromatic rings. The summed E-state index contributed by atoms with van der Waals surface area (Å²) in [5, 5.41) is 24.8. The van der Waals surface area contributed by atoms with Gasteiger partial charge in [-0.25, -0.2) is 9.69 Å². The van der Waals surface area contributed by atoms with E-state index in [1.165, 1.54) is 44.5 Å². The number of cyclic esters (lactones) is 1. The van der Waals surface area contributed by atoms with Crippen LogP contribution in [-0.4, -0.2) is 144 Å². The Morgan fingerprint density at radius 3 is 1.17 bits per heavy atom. The number of hydrogen-bond donors (Lipinski definition) is 5. The van der Waals surface area contributed by atoms with E-state index in [9.17, 15) is 43.8 Å². The fourth-order valence-corrected chi connectivity index (χ4v) is 14.5. The Hall–Kier alpha value is -9.35. The van der Waals surface area contributed by atoms with Gasteiger partial charge in [0.1, 0.15) is 26.3 Å². The lowest BCUT2D eigenvalue weighted by atomic mass is 9.89. The van der Waals surface area contributed by atoms with Crippen LogP contribution in [0.15, 0.2) is 146 Å². The third-order valence-electron chi connectivity index (χ3n) is 22.6. The van der Waals surface area contributed by atoms with Gasteiger partial charge in [0.2, 0.25) is 0 Å². The molecule has 0 unspecified atom stereocenters. The molecule has 2 aliphatic rings. The average Bonchev–Trinajstić information content (AvgIpc) is 1.62. The van der Waals surface area contributed by atoms with Gasteiger partial charge in [-0.05, 0) is 229 Å². The second-order valence-electron chi connectivity index (χ2n) is 33.9. The molecule has 4 aromatic heterocycles. The monoisotopic (exact) mass is 1580 g/mol. The number of Topliss-reactive ketones (excluding diaryl/α,β-unsaturated/α-hetero) is 4. The molecule has 2 fully saturated rings. The third-order valence-corrected chi connectivity index (χ3v) is 22.6. The lowest BCUT2D eigenvalue weighted by molar-refractivity contribution is -0.144. The van der Waals surface area contributed by atoms with Gasteiger partial charge in [0, 0.05) is 98.7 Å². The third kappa shape index (κ3) is 28.8. The van der Waals surface area contributed by atoms with Crippen molar-refractivity contribution in [3.8, 4) is 0 Å². The Labute approximate surface area is 683 Å². The first-order valence-corrected chi connectivity index (χ1v) is 40.7. The van der Waals surface area contributed by atoms with Crippen molar-refractivity contribution in [1.29, 1.82) is 0 Å². The lowest BCUT2D eigenvalue weighted by Crippen LogP contribution is -2.51. The summed E-state index contributed by atoms with van der Waals surface area (Å²) >= 11 is 0. The topological polar surface area (TPSA) is 270 Å². The van der Waals surface area contributed by atoms with Crippen LogP contribution in [0.3, 0.4) is 0 Å². The smallest absolute Gasteiger partial charge is 0.407 e. The molecule has 0 bridgehead atoms. The molecule has 21 heteroatoms.